The van der Waals surface area contributed by atoms with Gasteiger partial charge in [0.2, 0.25) is 0 Å². The molecule has 0 amide bonds. The second-order valence-corrected chi connectivity index (χ2v) is 4.94. The zero-order valence-electron chi connectivity index (χ0n) is 9.27. The fourth-order valence-electron chi connectivity index (χ4n) is 1.44. The van der Waals surface area contributed by atoms with E-state index in [0.29, 0.717) is 5.69 Å². The normalized spacial score (nSPS) is 11.4. The number of rotatable bonds is 3. The summed E-state index contributed by atoms with van der Waals surface area (Å²) >= 11 is 1.62. The molecular weight excluding hydrogens is 220 g/mol. The monoisotopic (exact) mass is 234 g/mol. The molecule has 0 radical (unpaired) electrons. The van der Waals surface area contributed by atoms with Crippen LogP contribution in [0.5, 0.6) is 0 Å². The number of nitrogens with two attached hydrogens (primary N) is 1. The van der Waals surface area contributed by atoms with Crippen molar-refractivity contribution in [1.29, 1.82) is 0 Å². The van der Waals surface area contributed by atoms with Gasteiger partial charge in [-0.1, -0.05) is 0 Å². The van der Waals surface area contributed by atoms with Gasteiger partial charge in [0.05, 0.1) is 23.1 Å². The molecule has 0 aliphatic carbocycles. The number of nitrogen functional groups attached to an aromatic ring is 1. The summed E-state index contributed by atoms with van der Waals surface area (Å²) in [6, 6.07) is 1.87. The number of nitrogens with one attached hydrogen (secondary N) is 1. The average Bonchev–Trinajstić information content (AvgIpc) is 2.75. The van der Waals surface area contributed by atoms with Crippen LogP contribution in [0.1, 0.15) is 18.9 Å². The topological polar surface area (TPSA) is 63.8 Å². The molecule has 2 heterocycles. The molecular formula is C11H14N4S. The first kappa shape index (κ1) is 10.9. The van der Waals surface area contributed by atoms with Crippen LogP contribution in [-0.4, -0.2) is 9.97 Å². The summed E-state index contributed by atoms with van der Waals surface area (Å²) in [5, 5.41) is 6.37. The van der Waals surface area contributed by atoms with Crippen LogP contribution >= 0.6 is 11.3 Å². The highest BCUT2D eigenvalue weighted by Gasteiger charge is 2.23. The smallest absolute Gasteiger partial charge is 0.117 e. The molecule has 16 heavy (non-hydrogen) atoms. The van der Waals surface area contributed by atoms with Gasteiger partial charge in [0, 0.05) is 17.8 Å². The van der Waals surface area contributed by atoms with Crippen molar-refractivity contribution in [2.75, 3.05) is 11.1 Å². The molecule has 0 saturated heterocycles. The van der Waals surface area contributed by atoms with Gasteiger partial charge < -0.3 is 11.1 Å². The average molecular weight is 234 g/mol. The number of anilines is 2. The molecule has 0 aromatic carbocycles. The fourth-order valence-corrected chi connectivity index (χ4v) is 2.16. The van der Waals surface area contributed by atoms with E-state index >= 15 is 0 Å². The highest BCUT2D eigenvalue weighted by Crippen LogP contribution is 2.29. The summed E-state index contributed by atoms with van der Waals surface area (Å²) in [5.74, 6) is 0. The van der Waals surface area contributed by atoms with E-state index in [1.807, 2.05) is 11.4 Å². The first-order valence-corrected chi connectivity index (χ1v) is 5.85. The molecule has 0 aliphatic rings. The molecule has 0 unspecified atom stereocenters. The van der Waals surface area contributed by atoms with Gasteiger partial charge in [-0.3, -0.25) is 4.98 Å². The Morgan fingerprint density at radius 3 is 2.81 bits per heavy atom. The van der Waals surface area contributed by atoms with Crippen molar-refractivity contribution in [3.05, 3.63) is 35.0 Å². The maximum Gasteiger partial charge on any atom is 0.117 e. The van der Waals surface area contributed by atoms with Crippen molar-refractivity contribution >= 4 is 22.7 Å². The Labute approximate surface area is 98.6 Å². The van der Waals surface area contributed by atoms with Crippen LogP contribution in [-0.2, 0) is 5.54 Å². The molecule has 0 spiro atoms. The van der Waals surface area contributed by atoms with E-state index in [-0.39, 0.29) is 5.54 Å². The summed E-state index contributed by atoms with van der Waals surface area (Å²) < 4.78 is 0. The quantitative estimate of drug-likeness (QED) is 0.856. The lowest BCUT2D eigenvalue weighted by atomic mass is 10.1. The van der Waals surface area contributed by atoms with E-state index in [1.165, 1.54) is 0 Å². The molecule has 0 saturated carbocycles. The van der Waals surface area contributed by atoms with Crippen molar-refractivity contribution in [1.82, 2.24) is 9.97 Å². The minimum Gasteiger partial charge on any atom is -0.396 e. The third kappa shape index (κ3) is 2.14. The predicted molar refractivity (Wildman–Crippen MR) is 67.4 cm³/mol. The lowest BCUT2D eigenvalue weighted by Gasteiger charge is -2.25. The Balaban J connectivity index is 2.25. The predicted octanol–water partition coefficient (Wildman–Crippen LogP) is 2.47. The van der Waals surface area contributed by atoms with Gasteiger partial charge in [-0.15, -0.1) is 11.3 Å². The van der Waals surface area contributed by atoms with Gasteiger partial charge in [0.25, 0.3) is 0 Å². The van der Waals surface area contributed by atoms with E-state index in [4.69, 9.17) is 5.73 Å². The number of pyridine rings is 1. The Hall–Kier alpha value is -1.62. The molecule has 5 heteroatoms. The third-order valence-corrected chi connectivity index (χ3v) is 3.36. The number of thiazole rings is 1. The second-order valence-electron chi connectivity index (χ2n) is 4.05. The van der Waals surface area contributed by atoms with Crippen molar-refractivity contribution in [2.45, 2.75) is 19.4 Å². The van der Waals surface area contributed by atoms with Crippen LogP contribution in [0.3, 0.4) is 0 Å². The maximum absolute atomic E-state index is 5.84. The summed E-state index contributed by atoms with van der Waals surface area (Å²) in [7, 11) is 0. The number of aromatic nitrogens is 2. The number of nitrogens with zero attached hydrogens (tertiary/aromatic N) is 2. The fraction of sp³-hybridized carbons (Fsp3) is 0.273. The standard InChI is InChI=1S/C11H14N4S/c1-11(2,10-14-5-6-16-10)15-9-3-4-13-7-8(9)12/h3-7H,12H2,1-2H3,(H,13,15). The van der Waals surface area contributed by atoms with Gasteiger partial charge in [0.1, 0.15) is 5.01 Å². The highest BCUT2D eigenvalue weighted by molar-refractivity contribution is 7.09. The summed E-state index contributed by atoms with van der Waals surface area (Å²) in [4.78, 5) is 8.27. The minimum atomic E-state index is -0.233. The largest absolute Gasteiger partial charge is 0.396 e. The Morgan fingerprint density at radius 1 is 1.38 bits per heavy atom. The van der Waals surface area contributed by atoms with Crippen LogP contribution in [0.2, 0.25) is 0 Å². The van der Waals surface area contributed by atoms with Crippen molar-refractivity contribution in [2.24, 2.45) is 0 Å². The Kier molecular flexibility index (Phi) is 2.78. The summed E-state index contributed by atoms with van der Waals surface area (Å²) in [6.07, 6.45) is 5.16. The molecule has 2 aromatic heterocycles. The van der Waals surface area contributed by atoms with Crippen molar-refractivity contribution < 1.29 is 0 Å². The number of hydrogen-bond donors (Lipinski definition) is 2. The van der Waals surface area contributed by atoms with Gasteiger partial charge >= 0.3 is 0 Å². The van der Waals surface area contributed by atoms with Crippen LogP contribution in [0.15, 0.2) is 30.0 Å². The Bertz CT molecular complexity index is 465. The molecule has 0 fully saturated rings. The molecule has 0 aliphatic heterocycles. The van der Waals surface area contributed by atoms with E-state index in [2.05, 4.69) is 29.1 Å². The Morgan fingerprint density at radius 2 is 2.19 bits per heavy atom. The highest BCUT2D eigenvalue weighted by atomic mass is 32.1. The summed E-state index contributed by atoms with van der Waals surface area (Å²) in [6.45, 7) is 4.15. The maximum atomic E-state index is 5.84. The molecule has 0 bridgehead atoms. The van der Waals surface area contributed by atoms with Crippen molar-refractivity contribution in [3.8, 4) is 0 Å². The van der Waals surface area contributed by atoms with Gasteiger partial charge in [-0.2, -0.15) is 0 Å². The zero-order valence-corrected chi connectivity index (χ0v) is 10.1. The van der Waals surface area contributed by atoms with Gasteiger partial charge in [0.15, 0.2) is 0 Å². The molecule has 84 valence electrons. The van der Waals surface area contributed by atoms with E-state index < -0.39 is 0 Å². The van der Waals surface area contributed by atoms with Crippen LogP contribution in [0, 0.1) is 0 Å². The molecule has 0 atom stereocenters. The van der Waals surface area contributed by atoms with Gasteiger partial charge in [-0.05, 0) is 19.9 Å². The second kappa shape index (κ2) is 4.09. The third-order valence-electron chi connectivity index (χ3n) is 2.27. The van der Waals surface area contributed by atoms with E-state index in [1.54, 1.807) is 29.9 Å². The summed E-state index contributed by atoms with van der Waals surface area (Å²) in [5.41, 5.74) is 7.14. The molecule has 2 rings (SSSR count). The van der Waals surface area contributed by atoms with Crippen LogP contribution < -0.4 is 11.1 Å². The minimum absolute atomic E-state index is 0.233. The van der Waals surface area contributed by atoms with Crippen LogP contribution in [0.4, 0.5) is 11.4 Å². The lowest BCUT2D eigenvalue weighted by molar-refractivity contribution is 0.604. The zero-order chi connectivity index (χ0) is 11.6. The van der Waals surface area contributed by atoms with Crippen LogP contribution in [0.25, 0.3) is 0 Å². The first-order chi connectivity index (χ1) is 7.59. The van der Waals surface area contributed by atoms with Crippen molar-refractivity contribution in [3.63, 3.8) is 0 Å². The first-order valence-electron chi connectivity index (χ1n) is 4.97. The molecule has 2 aromatic rings. The van der Waals surface area contributed by atoms with Gasteiger partial charge in [-0.25, -0.2) is 4.98 Å². The SMILES string of the molecule is CC(C)(Nc1ccncc1N)c1nccs1. The lowest BCUT2D eigenvalue weighted by Crippen LogP contribution is -2.28. The van der Waals surface area contributed by atoms with E-state index in [0.717, 1.165) is 10.7 Å². The molecule has 3 N–H and O–H groups in total. The van der Waals surface area contributed by atoms with E-state index in [9.17, 15) is 0 Å². The number of hydrogen-bond acceptors (Lipinski definition) is 5. The molecule has 4 nitrogen and oxygen atoms in total.